The Bertz CT molecular complexity index is 639. The largest absolute Gasteiger partial charge is 0.379 e. The van der Waals surface area contributed by atoms with Crippen molar-refractivity contribution < 1.29 is 4.74 Å². The molecule has 1 unspecified atom stereocenters. The Morgan fingerprint density at radius 3 is 2.74 bits per heavy atom. The van der Waals surface area contributed by atoms with E-state index < -0.39 is 0 Å². The molecule has 1 aliphatic rings. The average molecular weight is 261 g/mol. The predicted molar refractivity (Wildman–Crippen MR) is 74.3 cm³/mol. The molecule has 1 saturated heterocycles. The first-order valence-corrected chi connectivity index (χ1v) is 6.66. The van der Waals surface area contributed by atoms with Gasteiger partial charge in [0.25, 0.3) is 0 Å². The number of H-pyrrole nitrogens is 2. The number of hydrogen-bond donors (Lipinski definition) is 3. The van der Waals surface area contributed by atoms with Crippen molar-refractivity contribution in [3.8, 4) is 0 Å². The summed E-state index contributed by atoms with van der Waals surface area (Å²) in [5.74, 6) is 0.467. The van der Waals surface area contributed by atoms with Gasteiger partial charge in [-0.05, 0) is 36.6 Å². The summed E-state index contributed by atoms with van der Waals surface area (Å²) in [5, 5.41) is 0. The van der Waals surface area contributed by atoms with Crippen LogP contribution in [0.3, 0.4) is 0 Å². The lowest BCUT2D eigenvalue weighted by Gasteiger charge is -2.46. The van der Waals surface area contributed by atoms with Gasteiger partial charge in [-0.3, -0.25) is 0 Å². The number of benzene rings is 1. The number of ether oxygens (including phenoxy) is 1. The molecular formula is C14H19N3O2. The molecule has 1 aliphatic heterocycles. The number of nitrogens with two attached hydrogens (primary N) is 1. The zero-order chi connectivity index (χ0) is 13.5. The minimum atomic E-state index is -0.166. The lowest BCUT2D eigenvalue weighted by molar-refractivity contribution is -0.0882. The molecule has 0 spiro atoms. The number of rotatable bonds is 4. The Morgan fingerprint density at radius 2 is 2.11 bits per heavy atom. The molecular weight excluding hydrogens is 242 g/mol. The van der Waals surface area contributed by atoms with Crippen molar-refractivity contribution in [3.63, 3.8) is 0 Å². The van der Waals surface area contributed by atoms with Crippen molar-refractivity contribution in [2.24, 2.45) is 11.7 Å². The second-order valence-electron chi connectivity index (χ2n) is 5.47. The molecule has 2 heterocycles. The minimum absolute atomic E-state index is 0.0434. The highest BCUT2D eigenvalue weighted by molar-refractivity contribution is 5.75. The van der Waals surface area contributed by atoms with Crippen LogP contribution in [0.2, 0.25) is 0 Å². The van der Waals surface area contributed by atoms with Crippen LogP contribution in [0.15, 0.2) is 23.0 Å². The van der Waals surface area contributed by atoms with Crippen LogP contribution in [0.5, 0.6) is 0 Å². The topological polar surface area (TPSA) is 83.9 Å². The van der Waals surface area contributed by atoms with Gasteiger partial charge in [0.05, 0.1) is 24.2 Å². The van der Waals surface area contributed by atoms with Crippen LogP contribution in [0.25, 0.3) is 11.0 Å². The van der Waals surface area contributed by atoms with Crippen molar-refractivity contribution in [1.29, 1.82) is 0 Å². The fourth-order valence-corrected chi connectivity index (χ4v) is 2.93. The van der Waals surface area contributed by atoms with Crippen molar-refractivity contribution in [1.82, 2.24) is 9.97 Å². The molecule has 1 fully saturated rings. The maximum Gasteiger partial charge on any atom is 0.323 e. The molecule has 4 N–H and O–H groups in total. The molecule has 1 aromatic heterocycles. The molecule has 0 aliphatic carbocycles. The number of nitrogens with one attached hydrogen (secondary N) is 2. The molecule has 0 saturated carbocycles. The molecule has 3 rings (SSSR count). The van der Waals surface area contributed by atoms with E-state index in [0.717, 1.165) is 30.7 Å². The van der Waals surface area contributed by atoms with Crippen LogP contribution in [0, 0.1) is 5.92 Å². The van der Waals surface area contributed by atoms with Gasteiger partial charge in [0.15, 0.2) is 0 Å². The van der Waals surface area contributed by atoms with Gasteiger partial charge in [0.1, 0.15) is 0 Å². The van der Waals surface area contributed by atoms with E-state index in [1.807, 2.05) is 6.07 Å². The smallest absolute Gasteiger partial charge is 0.323 e. The monoisotopic (exact) mass is 261 g/mol. The maximum atomic E-state index is 11.3. The van der Waals surface area contributed by atoms with Gasteiger partial charge in [-0.1, -0.05) is 13.0 Å². The lowest BCUT2D eigenvalue weighted by Crippen LogP contribution is -2.52. The summed E-state index contributed by atoms with van der Waals surface area (Å²) >= 11 is 0. The Labute approximate surface area is 111 Å². The lowest BCUT2D eigenvalue weighted by atomic mass is 9.68. The van der Waals surface area contributed by atoms with Crippen LogP contribution in [0.4, 0.5) is 0 Å². The summed E-state index contributed by atoms with van der Waals surface area (Å²) < 4.78 is 5.46. The standard InChI is InChI=1S/C14H19N3O2/c1-9(4-5-15)14(7-19-8-14)10-2-3-11-12(6-10)17-13(18)16-11/h2-3,6,9H,4-5,7-8,15H2,1H3,(H2,16,17,18). The van der Waals surface area contributed by atoms with Gasteiger partial charge in [-0.2, -0.15) is 0 Å². The van der Waals surface area contributed by atoms with Gasteiger partial charge in [-0.15, -0.1) is 0 Å². The molecule has 1 aromatic carbocycles. The molecule has 1 atom stereocenters. The average Bonchev–Trinajstić information content (AvgIpc) is 2.67. The third-order valence-electron chi connectivity index (χ3n) is 4.35. The normalized spacial score (nSPS) is 19.3. The molecule has 5 heteroatoms. The van der Waals surface area contributed by atoms with E-state index in [0.29, 0.717) is 12.5 Å². The van der Waals surface area contributed by atoms with Crippen molar-refractivity contribution in [3.05, 3.63) is 34.2 Å². The minimum Gasteiger partial charge on any atom is -0.379 e. The van der Waals surface area contributed by atoms with E-state index in [9.17, 15) is 4.79 Å². The van der Waals surface area contributed by atoms with Crippen LogP contribution in [-0.2, 0) is 10.2 Å². The van der Waals surface area contributed by atoms with Gasteiger partial charge in [-0.25, -0.2) is 4.79 Å². The summed E-state index contributed by atoms with van der Waals surface area (Å²) in [6, 6.07) is 6.10. The number of fused-ring (bicyclic) bond motifs is 1. The van der Waals surface area contributed by atoms with Gasteiger partial charge in [0, 0.05) is 5.41 Å². The Hall–Kier alpha value is -1.59. The van der Waals surface area contributed by atoms with Crippen LogP contribution in [-0.4, -0.2) is 29.7 Å². The number of aromatic nitrogens is 2. The molecule has 19 heavy (non-hydrogen) atoms. The zero-order valence-electron chi connectivity index (χ0n) is 11.0. The molecule has 0 bridgehead atoms. The molecule has 2 aromatic rings. The quantitative estimate of drug-likeness (QED) is 0.771. The van der Waals surface area contributed by atoms with E-state index in [4.69, 9.17) is 10.5 Å². The number of hydrogen-bond acceptors (Lipinski definition) is 3. The van der Waals surface area contributed by atoms with E-state index >= 15 is 0 Å². The Kier molecular flexibility index (Phi) is 2.95. The van der Waals surface area contributed by atoms with Crippen LogP contribution in [0.1, 0.15) is 18.9 Å². The highest BCUT2D eigenvalue weighted by Gasteiger charge is 2.44. The first-order chi connectivity index (χ1) is 9.15. The second-order valence-corrected chi connectivity index (χ2v) is 5.47. The first-order valence-electron chi connectivity index (χ1n) is 6.66. The summed E-state index contributed by atoms with van der Waals surface area (Å²) in [7, 11) is 0. The Morgan fingerprint density at radius 1 is 1.37 bits per heavy atom. The first kappa shape index (κ1) is 12.4. The summed E-state index contributed by atoms with van der Waals surface area (Å²) in [5.41, 5.74) is 8.48. The molecule has 0 radical (unpaired) electrons. The van der Waals surface area contributed by atoms with E-state index in [1.165, 1.54) is 5.56 Å². The summed E-state index contributed by atoms with van der Waals surface area (Å²) in [6.07, 6.45) is 0.977. The van der Waals surface area contributed by atoms with Gasteiger partial charge in [0.2, 0.25) is 0 Å². The van der Waals surface area contributed by atoms with Crippen molar-refractivity contribution >= 4 is 11.0 Å². The predicted octanol–water partition coefficient (Wildman–Crippen LogP) is 1.11. The SMILES string of the molecule is CC(CCN)C1(c2ccc3[nH]c(=O)[nH]c3c2)COC1. The van der Waals surface area contributed by atoms with Crippen molar-refractivity contribution in [2.45, 2.75) is 18.8 Å². The van der Waals surface area contributed by atoms with E-state index in [2.05, 4.69) is 29.0 Å². The number of imidazole rings is 1. The maximum absolute atomic E-state index is 11.3. The van der Waals surface area contributed by atoms with Gasteiger partial charge < -0.3 is 20.4 Å². The van der Waals surface area contributed by atoms with Crippen LogP contribution >= 0.6 is 0 Å². The third kappa shape index (κ3) is 1.89. The van der Waals surface area contributed by atoms with Crippen LogP contribution < -0.4 is 11.4 Å². The summed E-state index contributed by atoms with van der Waals surface area (Å²) in [6.45, 7) is 4.37. The fraction of sp³-hybridized carbons (Fsp3) is 0.500. The third-order valence-corrected chi connectivity index (χ3v) is 4.35. The zero-order valence-corrected chi connectivity index (χ0v) is 11.0. The molecule has 5 nitrogen and oxygen atoms in total. The van der Waals surface area contributed by atoms with E-state index in [-0.39, 0.29) is 11.1 Å². The number of aromatic amines is 2. The molecule has 102 valence electrons. The fourth-order valence-electron chi connectivity index (χ4n) is 2.93. The second kappa shape index (κ2) is 4.51. The highest BCUT2D eigenvalue weighted by atomic mass is 16.5. The highest BCUT2D eigenvalue weighted by Crippen LogP contribution is 2.41. The molecule has 0 amide bonds. The van der Waals surface area contributed by atoms with Gasteiger partial charge >= 0.3 is 5.69 Å². The Balaban J connectivity index is 2.03. The van der Waals surface area contributed by atoms with Crippen molar-refractivity contribution in [2.75, 3.05) is 19.8 Å². The van der Waals surface area contributed by atoms with E-state index in [1.54, 1.807) is 0 Å². The summed E-state index contributed by atoms with van der Waals surface area (Å²) in [4.78, 5) is 16.9.